The predicted molar refractivity (Wildman–Crippen MR) is 197 cm³/mol. The normalized spacial score (nSPS) is 23.6. The number of aliphatic carboxylic acids is 2. The molecule has 3 heterocycles. The molecule has 17 nitrogen and oxygen atoms in total. The Hall–Kier alpha value is -5.52. The van der Waals surface area contributed by atoms with Gasteiger partial charge in [-0.15, -0.1) is 0 Å². The van der Waals surface area contributed by atoms with Crippen LogP contribution in [-0.2, 0) is 33.6 Å². The Morgan fingerprint density at radius 3 is 2.29 bits per heavy atom. The van der Waals surface area contributed by atoms with Crippen molar-refractivity contribution in [2.24, 2.45) is 5.92 Å². The smallest absolute Gasteiger partial charge is 0.352 e. The van der Waals surface area contributed by atoms with Crippen molar-refractivity contribution in [1.29, 1.82) is 0 Å². The Morgan fingerprint density at radius 1 is 1.09 bits per heavy atom. The van der Waals surface area contributed by atoms with E-state index < -0.39 is 88.9 Å². The molecule has 3 aliphatic heterocycles. The molecule has 55 heavy (non-hydrogen) atoms. The zero-order chi connectivity index (χ0) is 41.5. The molecule has 1 aromatic carbocycles. The Kier molecular flexibility index (Phi) is 14.5. The molecule has 3 aliphatic rings. The number of phenolic OH excluding ortho intramolecular Hbond substituents is 1. The van der Waals surface area contributed by atoms with Crippen LogP contribution in [0, 0.1) is 5.92 Å². The highest BCUT2D eigenvalue weighted by Gasteiger charge is 2.47. The van der Waals surface area contributed by atoms with Crippen LogP contribution in [0.15, 0.2) is 58.6 Å². The van der Waals surface area contributed by atoms with Crippen LogP contribution in [0.1, 0.15) is 72.5 Å². The lowest BCUT2D eigenvalue weighted by Gasteiger charge is -2.39. The van der Waals surface area contributed by atoms with Gasteiger partial charge in [-0.3, -0.25) is 24.0 Å². The molecule has 0 radical (unpaired) electrons. The summed E-state index contributed by atoms with van der Waals surface area (Å²) >= 11 is 6.49. The monoisotopic (exact) mass is 787 g/mol. The van der Waals surface area contributed by atoms with Gasteiger partial charge in [-0.05, 0) is 64.8 Å². The number of benzene rings is 1. The van der Waals surface area contributed by atoms with Gasteiger partial charge in [-0.2, -0.15) is 0 Å². The molecule has 0 aliphatic carbocycles. The summed E-state index contributed by atoms with van der Waals surface area (Å²) < 4.78 is 6.32. The number of Topliss-reactive ketones (excluding diaryl/α,β-unsaturated/α-hetero) is 1. The quantitative estimate of drug-likeness (QED) is 0.125. The fraction of sp³-hybridized carbons (Fsp3) is 0.432. The van der Waals surface area contributed by atoms with E-state index in [1.807, 2.05) is 5.32 Å². The summed E-state index contributed by atoms with van der Waals surface area (Å²) in [6, 6.07) is -0.0467. The van der Waals surface area contributed by atoms with E-state index in [1.54, 1.807) is 27.7 Å². The van der Waals surface area contributed by atoms with E-state index in [4.69, 9.17) is 21.4 Å². The lowest BCUT2D eigenvalue weighted by Crippen LogP contribution is -2.55. The molecular weight excluding hydrogens is 742 g/mol. The standard InChI is InChI=1S/C37H46ClN5O12/c1-8-18(5)28(33(50)40-21(36(53)54)16-25(45)46)42-32(49)22-11-10-14-43(22)35(52)20-15-23(44)27(17(3)4)41-34(51)29(39-7)30(47)19-12-13-24(31(48)26(19)38)55-37(20,6)9-2/h10-13,16,20,22,29-30,39,47-48H,8-9,14-15H2,1-7H3,(H,40,50)(H,41,51)(H,42,49)(H,45,46)(H,53,54)/t20-,22+,29+,30+,37-/m1/s1. The van der Waals surface area contributed by atoms with E-state index in [2.05, 4.69) is 16.0 Å². The first-order valence-electron chi connectivity index (χ1n) is 17.3. The van der Waals surface area contributed by atoms with Gasteiger partial charge in [0.25, 0.3) is 11.8 Å². The number of aliphatic hydroxyl groups excluding tert-OH is 1. The van der Waals surface area contributed by atoms with Crippen LogP contribution in [-0.4, -0.2) is 98.0 Å². The zero-order valence-corrected chi connectivity index (χ0v) is 32.2. The second-order valence-electron chi connectivity index (χ2n) is 13.4. The number of carboxylic acids is 2. The minimum Gasteiger partial charge on any atom is -0.503 e. The van der Waals surface area contributed by atoms with Crippen molar-refractivity contribution in [1.82, 2.24) is 26.2 Å². The number of nitrogens with one attached hydrogen (secondary N) is 4. The SMILES string of the molecule is CCC(C)=C(NC(=O)[C@@H]1C=CCN1C(=O)[C@H]1CC(=O)C(=C(C)C)NC(=O)[C@@H](NC)[C@@H](O)c2ccc(c(O)c2Cl)O[C@]1(C)CC)C(=O)NC(=CC(=O)O)C(=O)O. The second kappa shape index (κ2) is 18.2. The van der Waals surface area contributed by atoms with Gasteiger partial charge in [0.1, 0.15) is 35.2 Å². The number of carbonyl (C=O) groups is 7. The summed E-state index contributed by atoms with van der Waals surface area (Å²) in [6.07, 6.45) is 1.31. The van der Waals surface area contributed by atoms with Gasteiger partial charge >= 0.3 is 11.9 Å². The highest BCUT2D eigenvalue weighted by molar-refractivity contribution is 6.33. The Bertz CT molecular complexity index is 1900. The highest BCUT2D eigenvalue weighted by atomic mass is 35.5. The number of likely N-dealkylation sites (N-methyl/N-ethyl adjacent to an activating group) is 1. The summed E-state index contributed by atoms with van der Waals surface area (Å²) in [5.41, 5.74) is -2.42. The summed E-state index contributed by atoms with van der Waals surface area (Å²) in [4.78, 5) is 93.2. The third-order valence-electron chi connectivity index (χ3n) is 9.52. The number of ketones is 1. The number of fused-ring (bicyclic) bond motifs is 11. The van der Waals surface area contributed by atoms with Crippen molar-refractivity contribution in [3.63, 3.8) is 0 Å². The largest absolute Gasteiger partial charge is 0.503 e. The first-order valence-corrected chi connectivity index (χ1v) is 17.6. The molecule has 5 atom stereocenters. The number of hydrogen-bond acceptors (Lipinski definition) is 11. The molecule has 0 unspecified atom stereocenters. The van der Waals surface area contributed by atoms with Gasteiger partial charge in [-0.25, -0.2) is 9.59 Å². The lowest BCUT2D eigenvalue weighted by atomic mass is 9.80. The van der Waals surface area contributed by atoms with Crippen molar-refractivity contribution < 1.29 is 58.7 Å². The molecule has 0 fully saturated rings. The number of halogens is 1. The molecule has 8 N–H and O–H groups in total. The lowest BCUT2D eigenvalue weighted by molar-refractivity contribution is -0.149. The molecule has 4 amide bonds. The number of carbonyl (C=O) groups excluding carboxylic acids is 5. The average molecular weight is 788 g/mol. The molecule has 0 saturated heterocycles. The number of aromatic hydroxyl groups is 1. The maximum Gasteiger partial charge on any atom is 0.352 e. The van der Waals surface area contributed by atoms with Crippen LogP contribution in [0.4, 0.5) is 0 Å². The third kappa shape index (κ3) is 9.78. The van der Waals surface area contributed by atoms with Crippen molar-refractivity contribution in [3.8, 4) is 11.5 Å². The van der Waals surface area contributed by atoms with Crippen molar-refractivity contribution in [2.75, 3.05) is 13.6 Å². The number of carboxylic acid groups (broad SMARTS) is 2. The zero-order valence-electron chi connectivity index (χ0n) is 31.4. The minimum atomic E-state index is -1.74. The first-order chi connectivity index (χ1) is 25.7. The van der Waals surface area contributed by atoms with Crippen LogP contribution < -0.4 is 26.0 Å². The van der Waals surface area contributed by atoms with Crippen LogP contribution in [0.3, 0.4) is 0 Å². The Labute approximate surface area is 322 Å². The Balaban J connectivity index is 2.11. The topological polar surface area (TPSA) is 261 Å². The minimum absolute atomic E-state index is 0.0246. The average Bonchev–Trinajstić information content (AvgIpc) is 3.62. The number of amides is 4. The molecule has 298 valence electrons. The fourth-order valence-corrected chi connectivity index (χ4v) is 6.29. The maximum atomic E-state index is 14.7. The number of aliphatic hydroxyl groups is 1. The molecule has 0 aromatic heterocycles. The number of hydrogen-bond donors (Lipinski definition) is 8. The summed E-state index contributed by atoms with van der Waals surface area (Å²) in [7, 11) is 1.41. The fourth-order valence-electron chi connectivity index (χ4n) is 6.02. The Morgan fingerprint density at radius 2 is 1.75 bits per heavy atom. The number of ether oxygens (including phenoxy) is 1. The van der Waals surface area contributed by atoms with Gasteiger partial charge in [0.2, 0.25) is 11.8 Å². The van der Waals surface area contributed by atoms with Gasteiger partial charge in [0.15, 0.2) is 17.3 Å². The number of phenols is 1. The summed E-state index contributed by atoms with van der Waals surface area (Å²) in [5, 5.41) is 50.0. The molecule has 0 spiro atoms. The van der Waals surface area contributed by atoms with E-state index in [1.165, 1.54) is 45.2 Å². The van der Waals surface area contributed by atoms with Crippen LogP contribution in [0.25, 0.3) is 0 Å². The van der Waals surface area contributed by atoms with E-state index in [0.29, 0.717) is 11.1 Å². The molecule has 1 aromatic rings. The molecule has 18 heteroatoms. The van der Waals surface area contributed by atoms with Crippen LogP contribution in [0.5, 0.6) is 11.5 Å². The van der Waals surface area contributed by atoms with Crippen LogP contribution >= 0.6 is 11.6 Å². The summed E-state index contributed by atoms with van der Waals surface area (Å²) in [6.45, 7) is 9.37. The number of rotatable bonds is 10. The van der Waals surface area contributed by atoms with E-state index >= 15 is 0 Å². The third-order valence-corrected chi connectivity index (χ3v) is 9.92. The predicted octanol–water partition coefficient (Wildman–Crippen LogP) is 1.95. The molecule has 2 bridgehead atoms. The molecular formula is C37H46ClN5O12. The summed E-state index contributed by atoms with van der Waals surface area (Å²) in [5.74, 6) is -9.80. The maximum absolute atomic E-state index is 14.7. The van der Waals surface area contributed by atoms with Gasteiger partial charge < -0.3 is 51.3 Å². The van der Waals surface area contributed by atoms with Crippen molar-refractivity contribution in [2.45, 2.75) is 84.6 Å². The molecule has 0 saturated carbocycles. The van der Waals surface area contributed by atoms with E-state index in [9.17, 15) is 48.9 Å². The first kappa shape index (κ1) is 43.9. The van der Waals surface area contributed by atoms with Gasteiger partial charge in [-0.1, -0.05) is 43.7 Å². The van der Waals surface area contributed by atoms with Gasteiger partial charge in [0, 0.05) is 18.5 Å². The van der Waals surface area contributed by atoms with Gasteiger partial charge in [0.05, 0.1) is 22.7 Å². The molecule has 4 rings (SSSR count). The second-order valence-corrected chi connectivity index (χ2v) is 13.7. The van der Waals surface area contributed by atoms with E-state index in [-0.39, 0.29) is 53.2 Å². The van der Waals surface area contributed by atoms with Crippen LogP contribution in [0.2, 0.25) is 5.02 Å². The van der Waals surface area contributed by atoms with E-state index in [0.717, 1.165) is 4.90 Å². The highest BCUT2D eigenvalue weighted by Crippen LogP contribution is 2.43. The number of allylic oxidation sites excluding steroid dienone is 3. The number of nitrogens with zero attached hydrogens (tertiary/aromatic N) is 1. The van der Waals surface area contributed by atoms with Crippen molar-refractivity contribution >= 4 is 53.0 Å². The van der Waals surface area contributed by atoms with Crippen molar-refractivity contribution in [3.05, 3.63) is 69.2 Å².